The van der Waals surface area contributed by atoms with Crippen LogP contribution in [0, 0.1) is 0 Å². The second-order valence-electron chi connectivity index (χ2n) is 5.44. The number of rotatable bonds is 3. The fourth-order valence-electron chi connectivity index (χ4n) is 3.27. The van der Waals surface area contributed by atoms with Crippen molar-refractivity contribution in [2.24, 2.45) is 0 Å². The van der Waals surface area contributed by atoms with Gasteiger partial charge in [0.2, 0.25) is 0 Å². The molecule has 102 valence electrons. The van der Waals surface area contributed by atoms with Crippen LogP contribution in [0.5, 0.6) is 0 Å². The zero-order valence-corrected chi connectivity index (χ0v) is 13.4. The van der Waals surface area contributed by atoms with E-state index in [4.69, 9.17) is 11.1 Å². The molecule has 2 aromatic rings. The summed E-state index contributed by atoms with van der Waals surface area (Å²) < 4.78 is 0. The third-order valence-electron chi connectivity index (χ3n) is 4.39. The Morgan fingerprint density at radius 1 is 0.800 bits per heavy atom. The standard InChI is InChI=1S/C18H19ClSi/c1-2-20(19)17(15-9-5-3-6-10-15)13-14-18(20)16-11-7-4-8-12-16/h3-14,17-18H,2H2,1H3/t17-,18+,20?. The maximum absolute atomic E-state index is 7.23. The highest BCUT2D eigenvalue weighted by atomic mass is 35.6. The maximum atomic E-state index is 7.23. The van der Waals surface area contributed by atoms with Gasteiger partial charge in [0.25, 0.3) is 0 Å². The van der Waals surface area contributed by atoms with Crippen LogP contribution in [0.1, 0.15) is 29.1 Å². The number of benzene rings is 2. The zero-order valence-electron chi connectivity index (χ0n) is 11.7. The van der Waals surface area contributed by atoms with Crippen LogP contribution in [-0.2, 0) is 0 Å². The lowest BCUT2D eigenvalue weighted by Crippen LogP contribution is -2.37. The molecule has 3 rings (SSSR count). The molecule has 0 amide bonds. The third kappa shape index (κ3) is 2.25. The van der Waals surface area contributed by atoms with Gasteiger partial charge >= 0.3 is 0 Å². The normalized spacial score (nSPS) is 28.7. The average Bonchev–Trinajstić information content (AvgIpc) is 2.87. The Labute approximate surface area is 126 Å². The number of allylic oxidation sites excluding steroid dienone is 2. The van der Waals surface area contributed by atoms with Crippen molar-refractivity contribution < 1.29 is 0 Å². The Balaban J connectivity index is 1.99. The summed E-state index contributed by atoms with van der Waals surface area (Å²) in [6, 6.07) is 22.5. The highest BCUT2D eigenvalue weighted by Crippen LogP contribution is 2.49. The predicted octanol–water partition coefficient (Wildman–Crippen LogP) is 5.41. The van der Waals surface area contributed by atoms with Gasteiger partial charge < -0.3 is 0 Å². The molecule has 0 nitrogen and oxygen atoms in total. The molecular weight excluding hydrogens is 280 g/mol. The van der Waals surface area contributed by atoms with Crippen molar-refractivity contribution in [2.75, 3.05) is 0 Å². The number of halogens is 1. The van der Waals surface area contributed by atoms with Crippen molar-refractivity contribution in [1.29, 1.82) is 0 Å². The van der Waals surface area contributed by atoms with Crippen molar-refractivity contribution >= 4 is 18.5 Å². The summed E-state index contributed by atoms with van der Waals surface area (Å²) in [5, 5.41) is 0. The zero-order chi connectivity index (χ0) is 14.0. The molecule has 0 saturated heterocycles. The fourth-order valence-corrected chi connectivity index (χ4v) is 8.09. The van der Waals surface area contributed by atoms with Crippen LogP contribution < -0.4 is 0 Å². The van der Waals surface area contributed by atoms with E-state index in [1.165, 1.54) is 11.1 Å². The van der Waals surface area contributed by atoms with Crippen LogP contribution in [0.25, 0.3) is 0 Å². The van der Waals surface area contributed by atoms with Crippen LogP contribution in [0.3, 0.4) is 0 Å². The summed E-state index contributed by atoms with van der Waals surface area (Å²) in [5.41, 5.74) is 3.57. The summed E-state index contributed by atoms with van der Waals surface area (Å²) in [7, 11) is -1.94. The van der Waals surface area contributed by atoms with Crippen LogP contribution >= 0.6 is 11.1 Å². The summed E-state index contributed by atoms with van der Waals surface area (Å²) >= 11 is 7.23. The first-order valence-electron chi connectivity index (χ1n) is 7.23. The Morgan fingerprint density at radius 2 is 1.20 bits per heavy atom. The highest BCUT2D eigenvalue weighted by molar-refractivity contribution is 7.22. The van der Waals surface area contributed by atoms with Gasteiger partial charge in [-0.2, -0.15) is 11.1 Å². The van der Waals surface area contributed by atoms with Crippen LogP contribution in [-0.4, -0.2) is 7.38 Å². The maximum Gasteiger partial charge on any atom is 0.178 e. The largest absolute Gasteiger partial charge is 0.178 e. The average molecular weight is 299 g/mol. The van der Waals surface area contributed by atoms with Gasteiger partial charge in [-0.3, -0.25) is 0 Å². The van der Waals surface area contributed by atoms with Crippen LogP contribution in [0.2, 0.25) is 6.04 Å². The molecule has 0 N–H and O–H groups in total. The minimum atomic E-state index is -1.94. The van der Waals surface area contributed by atoms with Crippen molar-refractivity contribution in [3.05, 3.63) is 83.9 Å². The molecule has 0 aliphatic carbocycles. The lowest BCUT2D eigenvalue weighted by Gasteiger charge is -2.32. The van der Waals surface area contributed by atoms with E-state index in [0.717, 1.165) is 6.04 Å². The minimum Gasteiger partial charge on any atom is -0.165 e. The summed E-state index contributed by atoms with van der Waals surface area (Å²) in [4.78, 5) is 0. The van der Waals surface area contributed by atoms with E-state index >= 15 is 0 Å². The molecule has 1 heterocycles. The van der Waals surface area contributed by atoms with Gasteiger partial charge in [0.15, 0.2) is 7.38 Å². The second kappa shape index (κ2) is 5.59. The first-order valence-corrected chi connectivity index (χ1v) is 10.6. The van der Waals surface area contributed by atoms with Gasteiger partial charge in [-0.05, 0) is 17.2 Å². The number of hydrogen-bond donors (Lipinski definition) is 0. The van der Waals surface area contributed by atoms with Gasteiger partial charge in [0.1, 0.15) is 0 Å². The molecule has 1 unspecified atom stereocenters. The SMILES string of the molecule is CC[Si]1(Cl)[C@@H](c2ccccc2)C=C[C@H]1c1ccccc1. The van der Waals surface area contributed by atoms with Gasteiger partial charge in [-0.15, -0.1) is 0 Å². The first-order chi connectivity index (χ1) is 9.75. The Morgan fingerprint density at radius 3 is 1.55 bits per heavy atom. The van der Waals surface area contributed by atoms with E-state index in [1.54, 1.807) is 0 Å². The molecule has 0 aromatic heterocycles. The summed E-state index contributed by atoms with van der Waals surface area (Å²) in [5.74, 6) is 0. The lowest BCUT2D eigenvalue weighted by molar-refractivity contribution is 1.08. The van der Waals surface area contributed by atoms with E-state index in [9.17, 15) is 0 Å². The van der Waals surface area contributed by atoms with Gasteiger partial charge in [-0.1, -0.05) is 79.7 Å². The molecule has 0 spiro atoms. The predicted molar refractivity (Wildman–Crippen MR) is 89.6 cm³/mol. The molecule has 0 saturated carbocycles. The molecule has 1 aliphatic heterocycles. The van der Waals surface area contributed by atoms with E-state index in [-0.39, 0.29) is 0 Å². The number of hydrogen-bond acceptors (Lipinski definition) is 0. The minimum absolute atomic E-state index is 0.417. The van der Waals surface area contributed by atoms with Gasteiger partial charge in [0.05, 0.1) is 0 Å². The van der Waals surface area contributed by atoms with Gasteiger partial charge in [-0.25, -0.2) is 0 Å². The molecule has 20 heavy (non-hydrogen) atoms. The summed E-state index contributed by atoms with van der Waals surface area (Å²) in [6.07, 6.45) is 4.69. The molecule has 0 bridgehead atoms. The molecule has 3 atom stereocenters. The second-order valence-corrected chi connectivity index (χ2v) is 11.4. The Hall–Kier alpha value is -1.31. The van der Waals surface area contributed by atoms with Crippen LogP contribution in [0.4, 0.5) is 0 Å². The molecule has 2 heteroatoms. The monoisotopic (exact) mass is 298 g/mol. The van der Waals surface area contributed by atoms with Gasteiger partial charge in [0, 0.05) is 11.1 Å². The quantitative estimate of drug-likeness (QED) is 0.404. The summed E-state index contributed by atoms with van der Waals surface area (Å²) in [6.45, 7) is 2.25. The van der Waals surface area contributed by atoms with Crippen molar-refractivity contribution in [2.45, 2.75) is 24.1 Å². The fraction of sp³-hybridized carbons (Fsp3) is 0.222. The third-order valence-corrected chi connectivity index (χ3v) is 10.8. The smallest absolute Gasteiger partial charge is 0.165 e. The van der Waals surface area contributed by atoms with E-state index in [2.05, 4.69) is 79.7 Å². The van der Waals surface area contributed by atoms with Crippen LogP contribution in [0.15, 0.2) is 72.8 Å². The Bertz CT molecular complexity index is 542. The molecule has 0 radical (unpaired) electrons. The van der Waals surface area contributed by atoms with Crippen molar-refractivity contribution in [3.8, 4) is 0 Å². The molecular formula is C18H19ClSi. The molecule has 2 aromatic carbocycles. The van der Waals surface area contributed by atoms with E-state index in [1.807, 2.05) is 0 Å². The molecule has 0 fully saturated rings. The molecule has 1 aliphatic rings. The van der Waals surface area contributed by atoms with Crippen molar-refractivity contribution in [3.63, 3.8) is 0 Å². The first kappa shape index (κ1) is 13.7. The lowest BCUT2D eigenvalue weighted by atomic mass is 10.1. The Kier molecular flexibility index (Phi) is 3.82. The highest BCUT2D eigenvalue weighted by Gasteiger charge is 2.48. The van der Waals surface area contributed by atoms with E-state index in [0.29, 0.717) is 11.1 Å². The van der Waals surface area contributed by atoms with Crippen molar-refractivity contribution in [1.82, 2.24) is 0 Å². The van der Waals surface area contributed by atoms with E-state index < -0.39 is 7.38 Å². The topological polar surface area (TPSA) is 0 Å².